The van der Waals surface area contributed by atoms with Gasteiger partial charge in [-0.3, -0.25) is 9.59 Å². The van der Waals surface area contributed by atoms with Gasteiger partial charge in [0.05, 0.1) is 12.1 Å². The largest absolute Gasteiger partial charge is 0.449 e. The zero-order valence-corrected chi connectivity index (χ0v) is 19.2. The number of halogens is 3. The van der Waals surface area contributed by atoms with Gasteiger partial charge < -0.3 is 19.8 Å². The molecule has 0 radical (unpaired) electrons. The second-order valence-corrected chi connectivity index (χ2v) is 7.82. The standard InChI is InChI=1S/C25H23F3N2O5/c1-14-6-4-7-15(2)22(14)30-21(31)13-29-23(32)16(3)34-24(33)20-11-10-19(35-20)17-8-5-9-18(12-17)25(26,27)28/h4-12,16H,13H2,1-3H3,(H,29,32)(H,30,31). The highest BCUT2D eigenvalue weighted by atomic mass is 19.4. The van der Waals surface area contributed by atoms with Crippen molar-refractivity contribution in [3.05, 3.63) is 77.0 Å². The molecule has 0 fully saturated rings. The summed E-state index contributed by atoms with van der Waals surface area (Å²) in [5.41, 5.74) is 1.66. The molecule has 2 N–H and O–H groups in total. The summed E-state index contributed by atoms with van der Waals surface area (Å²) < 4.78 is 49.2. The molecule has 1 aromatic heterocycles. The topological polar surface area (TPSA) is 97.6 Å². The van der Waals surface area contributed by atoms with Crippen molar-refractivity contribution in [2.75, 3.05) is 11.9 Å². The molecule has 3 rings (SSSR count). The molecule has 10 heteroatoms. The highest BCUT2D eigenvalue weighted by Gasteiger charge is 2.31. The fraction of sp³-hybridized carbons (Fsp3) is 0.240. The third-order valence-electron chi connectivity index (χ3n) is 5.10. The number of ether oxygens (including phenoxy) is 1. The Bertz CT molecular complexity index is 1230. The van der Waals surface area contributed by atoms with Crippen molar-refractivity contribution in [1.82, 2.24) is 5.32 Å². The number of esters is 1. The number of benzene rings is 2. The van der Waals surface area contributed by atoms with E-state index in [0.717, 1.165) is 23.3 Å². The lowest BCUT2D eigenvalue weighted by Crippen LogP contribution is -2.40. The quantitative estimate of drug-likeness (QED) is 0.462. The monoisotopic (exact) mass is 488 g/mol. The van der Waals surface area contributed by atoms with Gasteiger partial charge in [-0.1, -0.05) is 30.3 Å². The number of aryl methyl sites for hydroxylation is 2. The Morgan fingerprint density at radius 2 is 1.66 bits per heavy atom. The van der Waals surface area contributed by atoms with Gasteiger partial charge in [0.2, 0.25) is 11.7 Å². The Morgan fingerprint density at radius 1 is 1.00 bits per heavy atom. The van der Waals surface area contributed by atoms with Crippen LogP contribution in [0.2, 0.25) is 0 Å². The van der Waals surface area contributed by atoms with Crippen LogP contribution >= 0.6 is 0 Å². The number of furan rings is 1. The zero-order chi connectivity index (χ0) is 25.8. The molecule has 0 bridgehead atoms. The molecule has 184 valence electrons. The molecule has 1 heterocycles. The number of rotatable bonds is 7. The van der Waals surface area contributed by atoms with Crippen LogP contribution in [0, 0.1) is 13.8 Å². The molecule has 1 unspecified atom stereocenters. The van der Waals surface area contributed by atoms with Crippen LogP contribution in [-0.4, -0.2) is 30.4 Å². The molecule has 2 aromatic carbocycles. The van der Waals surface area contributed by atoms with E-state index in [1.807, 2.05) is 32.0 Å². The number of para-hydroxylation sites is 1. The third kappa shape index (κ3) is 6.50. The van der Waals surface area contributed by atoms with Gasteiger partial charge in [0.25, 0.3) is 5.91 Å². The molecular formula is C25H23F3N2O5. The maximum absolute atomic E-state index is 12.9. The molecule has 1 atom stereocenters. The van der Waals surface area contributed by atoms with Crippen molar-refractivity contribution < 1.29 is 36.7 Å². The van der Waals surface area contributed by atoms with Crippen LogP contribution in [-0.2, 0) is 20.5 Å². The first-order chi connectivity index (χ1) is 16.5. The first kappa shape index (κ1) is 25.5. The number of hydrogen-bond donors (Lipinski definition) is 2. The Morgan fingerprint density at radius 3 is 2.31 bits per heavy atom. The number of hydrogen-bond acceptors (Lipinski definition) is 5. The number of alkyl halides is 3. The van der Waals surface area contributed by atoms with E-state index in [0.29, 0.717) is 5.69 Å². The molecule has 0 saturated heterocycles. The van der Waals surface area contributed by atoms with Gasteiger partial charge in [0, 0.05) is 11.3 Å². The predicted molar refractivity (Wildman–Crippen MR) is 122 cm³/mol. The van der Waals surface area contributed by atoms with E-state index in [-0.39, 0.29) is 23.6 Å². The van der Waals surface area contributed by atoms with E-state index in [9.17, 15) is 27.6 Å². The van der Waals surface area contributed by atoms with E-state index in [2.05, 4.69) is 10.6 Å². The van der Waals surface area contributed by atoms with Crippen molar-refractivity contribution in [2.45, 2.75) is 33.1 Å². The van der Waals surface area contributed by atoms with E-state index in [4.69, 9.17) is 9.15 Å². The summed E-state index contributed by atoms with van der Waals surface area (Å²) in [6, 6.07) is 12.6. The molecule has 3 aromatic rings. The van der Waals surface area contributed by atoms with E-state index < -0.39 is 35.6 Å². The summed E-state index contributed by atoms with van der Waals surface area (Å²) in [5.74, 6) is -2.40. The van der Waals surface area contributed by atoms with Crippen molar-refractivity contribution in [3.8, 4) is 11.3 Å². The summed E-state index contributed by atoms with van der Waals surface area (Å²) in [6.45, 7) is 4.66. The summed E-state index contributed by atoms with van der Waals surface area (Å²) in [6.07, 6.45) is -5.78. The van der Waals surface area contributed by atoms with Gasteiger partial charge in [0.1, 0.15) is 5.76 Å². The smallest absolute Gasteiger partial charge is 0.416 e. The van der Waals surface area contributed by atoms with Crippen molar-refractivity contribution in [1.29, 1.82) is 0 Å². The highest BCUT2D eigenvalue weighted by Crippen LogP contribution is 2.32. The summed E-state index contributed by atoms with van der Waals surface area (Å²) in [5, 5.41) is 5.11. The Hall–Kier alpha value is -4.08. The minimum atomic E-state index is -4.52. The molecule has 0 saturated carbocycles. The number of anilines is 1. The molecule has 0 aliphatic heterocycles. The fourth-order valence-electron chi connectivity index (χ4n) is 3.23. The van der Waals surface area contributed by atoms with Crippen LogP contribution in [0.15, 0.2) is 59.0 Å². The molecule has 0 spiro atoms. The summed E-state index contributed by atoms with van der Waals surface area (Å²) >= 11 is 0. The minimum Gasteiger partial charge on any atom is -0.449 e. The average molecular weight is 488 g/mol. The summed E-state index contributed by atoms with van der Waals surface area (Å²) in [7, 11) is 0. The first-order valence-corrected chi connectivity index (χ1v) is 10.6. The molecule has 7 nitrogen and oxygen atoms in total. The van der Waals surface area contributed by atoms with Crippen LogP contribution < -0.4 is 10.6 Å². The summed E-state index contributed by atoms with van der Waals surface area (Å²) in [4.78, 5) is 36.8. The highest BCUT2D eigenvalue weighted by molar-refractivity contribution is 5.97. The maximum atomic E-state index is 12.9. The Balaban J connectivity index is 1.55. The maximum Gasteiger partial charge on any atom is 0.416 e. The van der Waals surface area contributed by atoms with Gasteiger partial charge in [-0.2, -0.15) is 13.2 Å². The van der Waals surface area contributed by atoms with Crippen LogP contribution in [0.25, 0.3) is 11.3 Å². The lowest BCUT2D eigenvalue weighted by molar-refractivity contribution is -0.137. The fourth-order valence-corrected chi connectivity index (χ4v) is 3.23. The lowest BCUT2D eigenvalue weighted by atomic mass is 10.1. The molecular weight excluding hydrogens is 465 g/mol. The Kier molecular flexibility index (Phi) is 7.63. The van der Waals surface area contributed by atoms with Crippen molar-refractivity contribution in [2.24, 2.45) is 0 Å². The predicted octanol–water partition coefficient (Wildman–Crippen LogP) is 4.88. The second kappa shape index (κ2) is 10.5. The SMILES string of the molecule is Cc1cccc(C)c1NC(=O)CNC(=O)C(C)OC(=O)c1ccc(-c2cccc(C(F)(F)F)c2)o1. The van der Waals surface area contributed by atoms with Crippen molar-refractivity contribution >= 4 is 23.5 Å². The van der Waals surface area contributed by atoms with Gasteiger partial charge in [-0.25, -0.2) is 4.79 Å². The first-order valence-electron chi connectivity index (χ1n) is 10.6. The minimum absolute atomic E-state index is 0.0309. The number of nitrogens with one attached hydrogen (secondary N) is 2. The molecule has 0 aliphatic carbocycles. The molecule has 0 aliphatic rings. The Labute approximate surface area is 199 Å². The number of amides is 2. The van der Waals surface area contributed by atoms with Crippen LogP contribution in [0.4, 0.5) is 18.9 Å². The van der Waals surface area contributed by atoms with Gasteiger partial charge >= 0.3 is 12.1 Å². The zero-order valence-electron chi connectivity index (χ0n) is 19.2. The average Bonchev–Trinajstić information content (AvgIpc) is 3.30. The van der Waals surface area contributed by atoms with E-state index in [1.54, 1.807) is 0 Å². The van der Waals surface area contributed by atoms with Gasteiger partial charge in [-0.05, 0) is 56.2 Å². The third-order valence-corrected chi connectivity index (χ3v) is 5.10. The van der Waals surface area contributed by atoms with Crippen molar-refractivity contribution in [3.63, 3.8) is 0 Å². The molecule has 2 amide bonds. The number of carbonyl (C=O) groups is 3. The van der Waals surface area contributed by atoms with Crippen LogP contribution in [0.1, 0.15) is 34.2 Å². The second-order valence-electron chi connectivity index (χ2n) is 7.82. The number of carbonyl (C=O) groups excluding carboxylic acids is 3. The van der Waals surface area contributed by atoms with E-state index in [1.165, 1.54) is 31.2 Å². The van der Waals surface area contributed by atoms with Gasteiger partial charge in [0.15, 0.2) is 6.10 Å². The molecule has 35 heavy (non-hydrogen) atoms. The van der Waals surface area contributed by atoms with Crippen LogP contribution in [0.3, 0.4) is 0 Å². The normalized spacial score (nSPS) is 12.1. The van der Waals surface area contributed by atoms with Crippen LogP contribution in [0.5, 0.6) is 0 Å². The van der Waals surface area contributed by atoms with E-state index >= 15 is 0 Å². The van der Waals surface area contributed by atoms with Gasteiger partial charge in [-0.15, -0.1) is 0 Å². The lowest BCUT2D eigenvalue weighted by Gasteiger charge is -2.14.